The average Bonchev–Trinajstić information content (AvgIpc) is 2.77. The Morgan fingerprint density at radius 1 is 1.19 bits per heavy atom. The largest absolute Gasteiger partial charge is 0.378 e. The van der Waals surface area contributed by atoms with Crippen molar-refractivity contribution in [3.8, 4) is 0 Å². The molecule has 0 radical (unpaired) electrons. The molecule has 0 aliphatic carbocycles. The minimum Gasteiger partial charge on any atom is -0.378 e. The quantitative estimate of drug-likeness (QED) is 0.819. The number of rotatable bonds is 6. The lowest BCUT2D eigenvalue weighted by molar-refractivity contribution is -0.131. The Kier molecular flexibility index (Phi) is 7.51. The molecule has 21 heavy (non-hydrogen) atoms. The van der Waals surface area contributed by atoms with Crippen molar-refractivity contribution in [3.63, 3.8) is 0 Å². The number of hydrogen-bond acceptors (Lipinski definition) is 3. The molecule has 122 valence electrons. The van der Waals surface area contributed by atoms with Crippen molar-refractivity contribution in [2.24, 2.45) is 5.92 Å². The summed E-state index contributed by atoms with van der Waals surface area (Å²) < 4.78 is 5.85. The Morgan fingerprint density at radius 3 is 2.76 bits per heavy atom. The fourth-order valence-electron chi connectivity index (χ4n) is 3.42. The smallest absolute Gasteiger partial charge is 0.222 e. The van der Waals surface area contributed by atoms with Gasteiger partial charge in [-0.05, 0) is 64.0 Å². The maximum Gasteiger partial charge on any atom is 0.222 e. The van der Waals surface area contributed by atoms with Gasteiger partial charge in [0, 0.05) is 26.1 Å². The van der Waals surface area contributed by atoms with Gasteiger partial charge in [0.05, 0.1) is 6.10 Å². The molecule has 1 unspecified atom stereocenters. The van der Waals surface area contributed by atoms with E-state index in [0.29, 0.717) is 12.0 Å². The monoisotopic (exact) mass is 296 g/mol. The van der Waals surface area contributed by atoms with Crippen LogP contribution in [0.2, 0.25) is 0 Å². The first-order valence-corrected chi connectivity index (χ1v) is 8.89. The summed E-state index contributed by atoms with van der Waals surface area (Å²) >= 11 is 0. The highest BCUT2D eigenvalue weighted by atomic mass is 16.5. The number of piperidine rings is 1. The third kappa shape index (κ3) is 5.95. The molecule has 2 saturated heterocycles. The summed E-state index contributed by atoms with van der Waals surface area (Å²) in [5, 5.41) is 3.39. The van der Waals surface area contributed by atoms with Crippen molar-refractivity contribution in [3.05, 3.63) is 0 Å². The zero-order valence-corrected chi connectivity index (χ0v) is 13.6. The van der Waals surface area contributed by atoms with Gasteiger partial charge in [-0.15, -0.1) is 0 Å². The minimum absolute atomic E-state index is 0.365. The summed E-state index contributed by atoms with van der Waals surface area (Å²) in [6.07, 6.45) is 8.95. The molecule has 0 aromatic heterocycles. The van der Waals surface area contributed by atoms with Crippen LogP contribution in [0.4, 0.5) is 0 Å². The number of carbonyl (C=O) groups excluding carboxylic acids is 1. The Bertz CT molecular complexity index is 303. The van der Waals surface area contributed by atoms with Gasteiger partial charge < -0.3 is 15.0 Å². The van der Waals surface area contributed by atoms with Gasteiger partial charge in [0.15, 0.2) is 0 Å². The van der Waals surface area contributed by atoms with Crippen LogP contribution >= 0.6 is 0 Å². The van der Waals surface area contributed by atoms with E-state index < -0.39 is 0 Å². The number of carbonyl (C=O) groups is 1. The van der Waals surface area contributed by atoms with Gasteiger partial charge >= 0.3 is 0 Å². The fourth-order valence-corrected chi connectivity index (χ4v) is 3.42. The van der Waals surface area contributed by atoms with Crippen LogP contribution in [-0.2, 0) is 9.53 Å². The molecule has 0 aromatic rings. The Labute approximate surface area is 129 Å². The maximum absolute atomic E-state index is 12.4. The normalized spacial score (nSPS) is 24.8. The van der Waals surface area contributed by atoms with E-state index in [1.165, 1.54) is 12.8 Å². The van der Waals surface area contributed by atoms with E-state index in [9.17, 15) is 4.79 Å². The highest BCUT2D eigenvalue weighted by Gasteiger charge is 2.22. The molecule has 4 heteroatoms. The second-order valence-electron chi connectivity index (χ2n) is 6.54. The van der Waals surface area contributed by atoms with E-state index in [2.05, 4.69) is 17.1 Å². The highest BCUT2D eigenvalue weighted by molar-refractivity contribution is 5.76. The van der Waals surface area contributed by atoms with Crippen LogP contribution in [0.15, 0.2) is 0 Å². The third-order valence-electron chi connectivity index (χ3n) is 4.81. The number of amides is 1. The van der Waals surface area contributed by atoms with E-state index in [-0.39, 0.29) is 0 Å². The molecule has 2 aliphatic rings. The number of nitrogens with one attached hydrogen (secondary N) is 1. The van der Waals surface area contributed by atoms with E-state index in [1.807, 2.05) is 0 Å². The number of hydrogen-bond donors (Lipinski definition) is 1. The minimum atomic E-state index is 0.365. The van der Waals surface area contributed by atoms with Crippen molar-refractivity contribution in [2.75, 3.05) is 32.8 Å². The second-order valence-corrected chi connectivity index (χ2v) is 6.54. The van der Waals surface area contributed by atoms with Crippen molar-refractivity contribution in [1.29, 1.82) is 0 Å². The fraction of sp³-hybridized carbons (Fsp3) is 0.941. The zero-order chi connectivity index (χ0) is 14.9. The standard InChI is InChI=1S/C17H32N2O2/c1-2-14-21-16-4-3-12-19(13-9-16)17(20)6-5-15-7-10-18-11-8-15/h15-16,18H,2-14H2,1H3. The Balaban J connectivity index is 1.67. The van der Waals surface area contributed by atoms with Crippen molar-refractivity contribution in [2.45, 2.75) is 64.4 Å². The van der Waals surface area contributed by atoms with Gasteiger partial charge in [0.1, 0.15) is 0 Å². The molecule has 4 nitrogen and oxygen atoms in total. The third-order valence-corrected chi connectivity index (χ3v) is 4.81. The number of ether oxygens (including phenoxy) is 1. The van der Waals surface area contributed by atoms with Crippen LogP contribution in [-0.4, -0.2) is 49.7 Å². The molecule has 2 aliphatic heterocycles. The molecule has 0 aromatic carbocycles. The van der Waals surface area contributed by atoms with Crippen LogP contribution < -0.4 is 5.32 Å². The van der Waals surface area contributed by atoms with Crippen LogP contribution in [0, 0.1) is 5.92 Å². The molecule has 0 bridgehead atoms. The predicted molar refractivity (Wildman–Crippen MR) is 85.3 cm³/mol. The molecule has 1 amide bonds. The Morgan fingerprint density at radius 2 is 2.00 bits per heavy atom. The van der Waals surface area contributed by atoms with E-state index in [1.54, 1.807) is 0 Å². The van der Waals surface area contributed by atoms with Gasteiger partial charge in [-0.25, -0.2) is 0 Å². The summed E-state index contributed by atoms with van der Waals surface area (Å²) in [4.78, 5) is 14.5. The molecular formula is C17H32N2O2. The molecular weight excluding hydrogens is 264 g/mol. The lowest BCUT2D eigenvalue weighted by Gasteiger charge is -2.25. The maximum atomic E-state index is 12.4. The van der Waals surface area contributed by atoms with Gasteiger partial charge in [-0.3, -0.25) is 4.79 Å². The zero-order valence-electron chi connectivity index (χ0n) is 13.6. The first-order chi connectivity index (χ1) is 10.3. The van der Waals surface area contributed by atoms with Crippen LogP contribution in [0.3, 0.4) is 0 Å². The lowest BCUT2D eigenvalue weighted by atomic mass is 9.93. The van der Waals surface area contributed by atoms with Gasteiger partial charge in [-0.1, -0.05) is 6.92 Å². The van der Waals surface area contributed by atoms with E-state index in [0.717, 1.165) is 77.2 Å². The lowest BCUT2D eigenvalue weighted by Crippen LogP contribution is -2.33. The molecule has 1 atom stereocenters. The summed E-state index contributed by atoms with van der Waals surface area (Å²) in [7, 11) is 0. The molecule has 0 spiro atoms. The van der Waals surface area contributed by atoms with Crippen molar-refractivity contribution in [1.82, 2.24) is 10.2 Å². The van der Waals surface area contributed by atoms with Gasteiger partial charge in [-0.2, -0.15) is 0 Å². The first-order valence-electron chi connectivity index (χ1n) is 8.89. The summed E-state index contributed by atoms with van der Waals surface area (Å²) in [6, 6.07) is 0. The summed E-state index contributed by atoms with van der Waals surface area (Å²) in [5.41, 5.74) is 0. The summed E-state index contributed by atoms with van der Waals surface area (Å²) in [5.74, 6) is 1.12. The summed E-state index contributed by atoms with van der Waals surface area (Å²) in [6.45, 7) is 7.07. The Hall–Kier alpha value is -0.610. The van der Waals surface area contributed by atoms with E-state index in [4.69, 9.17) is 4.74 Å². The van der Waals surface area contributed by atoms with Gasteiger partial charge in [0.2, 0.25) is 5.91 Å². The highest BCUT2D eigenvalue weighted by Crippen LogP contribution is 2.20. The second kappa shape index (κ2) is 9.42. The molecule has 2 fully saturated rings. The predicted octanol–water partition coefficient (Wildman–Crippen LogP) is 2.57. The van der Waals surface area contributed by atoms with E-state index >= 15 is 0 Å². The first kappa shape index (κ1) is 16.8. The SMILES string of the molecule is CCCOC1CCCN(C(=O)CCC2CCNCC2)CC1. The molecule has 0 saturated carbocycles. The van der Waals surface area contributed by atoms with Crippen LogP contribution in [0.1, 0.15) is 58.3 Å². The topological polar surface area (TPSA) is 41.6 Å². The van der Waals surface area contributed by atoms with Crippen LogP contribution in [0.25, 0.3) is 0 Å². The van der Waals surface area contributed by atoms with Crippen LogP contribution in [0.5, 0.6) is 0 Å². The molecule has 2 rings (SSSR count). The van der Waals surface area contributed by atoms with Crippen molar-refractivity contribution < 1.29 is 9.53 Å². The molecule has 1 N–H and O–H groups in total. The average molecular weight is 296 g/mol. The number of nitrogens with zero attached hydrogens (tertiary/aromatic N) is 1. The number of likely N-dealkylation sites (tertiary alicyclic amines) is 1. The molecule has 2 heterocycles. The van der Waals surface area contributed by atoms with Gasteiger partial charge in [0.25, 0.3) is 0 Å². The van der Waals surface area contributed by atoms with Crippen molar-refractivity contribution >= 4 is 5.91 Å².